The minimum Gasteiger partial charge on any atom is -0.455 e. The number of rotatable bonds is 7. The molecule has 2 heterocycles. The number of hydrogen-bond donors (Lipinski definition) is 2. The van der Waals surface area contributed by atoms with Crippen LogP contribution in [0.5, 0.6) is 6.01 Å². The molecule has 2 amide bonds. The average Bonchev–Trinajstić information content (AvgIpc) is 3.03. The maximum atomic E-state index is 12.6. The molecule has 0 saturated heterocycles. The van der Waals surface area contributed by atoms with Crippen LogP contribution in [0, 0.1) is 6.92 Å². The lowest BCUT2D eigenvalue weighted by Gasteiger charge is -2.10. The molecule has 10 heteroatoms. The first kappa shape index (κ1) is 19.2. The quantitative estimate of drug-likeness (QED) is 0.647. The van der Waals surface area contributed by atoms with Gasteiger partial charge in [-0.15, -0.1) is 0 Å². The van der Waals surface area contributed by atoms with E-state index in [0.717, 1.165) is 5.69 Å². The number of anilines is 1. The number of nitrogens with two attached hydrogens (primary N) is 1. The third-order valence-corrected chi connectivity index (χ3v) is 3.88. The highest BCUT2D eigenvalue weighted by molar-refractivity contribution is 5.89. The Kier molecular flexibility index (Phi) is 5.78. The molecule has 0 saturated carbocycles. The van der Waals surface area contributed by atoms with Crippen LogP contribution < -0.4 is 15.8 Å². The lowest BCUT2D eigenvalue weighted by molar-refractivity contribution is 0.122. The van der Waals surface area contributed by atoms with Gasteiger partial charge < -0.3 is 10.5 Å². The lowest BCUT2D eigenvalue weighted by atomic mass is 10.1. The average molecular weight is 388 g/mol. The normalized spacial score (nSPS) is 10.9. The van der Waals surface area contributed by atoms with Gasteiger partial charge in [-0.05, 0) is 19.1 Å². The molecular weight excluding hydrogens is 370 g/mol. The summed E-state index contributed by atoms with van der Waals surface area (Å²) in [6, 6.07) is 8.31. The first-order chi connectivity index (χ1) is 13.5. The van der Waals surface area contributed by atoms with Crippen molar-refractivity contribution in [3.63, 3.8) is 0 Å². The highest BCUT2D eigenvalue weighted by Crippen LogP contribution is 2.30. The van der Waals surface area contributed by atoms with Crippen LogP contribution in [0.4, 0.5) is 19.4 Å². The number of urea groups is 1. The van der Waals surface area contributed by atoms with Crippen molar-refractivity contribution in [2.75, 3.05) is 18.7 Å². The van der Waals surface area contributed by atoms with Crippen molar-refractivity contribution in [3.05, 3.63) is 48.3 Å². The van der Waals surface area contributed by atoms with E-state index in [1.165, 1.54) is 12.4 Å². The van der Waals surface area contributed by atoms with E-state index in [4.69, 9.17) is 10.5 Å². The summed E-state index contributed by atoms with van der Waals surface area (Å²) in [5.41, 5.74) is 7.69. The smallest absolute Gasteiger partial charge is 0.317 e. The number of carbonyl (C=O) groups excluding carboxylic acids is 1. The van der Waals surface area contributed by atoms with Gasteiger partial charge in [0.15, 0.2) is 6.10 Å². The molecule has 3 rings (SSSR count). The Morgan fingerprint density at radius 3 is 2.43 bits per heavy atom. The predicted molar refractivity (Wildman–Crippen MR) is 98.9 cm³/mol. The Labute approximate surface area is 159 Å². The van der Waals surface area contributed by atoms with Crippen LogP contribution in [-0.4, -0.2) is 45.2 Å². The number of para-hydroxylation sites is 1. The number of carbonyl (C=O) groups is 1. The van der Waals surface area contributed by atoms with Crippen LogP contribution >= 0.6 is 0 Å². The lowest BCUT2D eigenvalue weighted by Crippen LogP contribution is -2.22. The largest absolute Gasteiger partial charge is 0.455 e. The molecule has 0 aliphatic carbocycles. The van der Waals surface area contributed by atoms with Gasteiger partial charge in [-0.2, -0.15) is 5.10 Å². The number of nitrogens with zero attached hydrogens (tertiary/aromatic N) is 4. The molecule has 0 spiro atoms. The minimum atomic E-state index is -1.24. The Hall–Kier alpha value is -3.56. The molecule has 28 heavy (non-hydrogen) atoms. The molecule has 0 radical (unpaired) electrons. The van der Waals surface area contributed by atoms with Gasteiger partial charge in [-0.3, -0.25) is 5.32 Å². The molecule has 3 N–H and O–H groups in total. The second kappa shape index (κ2) is 8.42. The van der Waals surface area contributed by atoms with E-state index >= 15 is 0 Å². The SMILES string of the molecule is Cc1c(-c2cnc(OC(CF)CF)nc2)nn(-c2ccccc2)c1NC(N)=O. The van der Waals surface area contributed by atoms with Crippen LogP contribution in [0.2, 0.25) is 0 Å². The van der Waals surface area contributed by atoms with Crippen LogP contribution in [-0.2, 0) is 0 Å². The Bertz CT molecular complexity index is 943. The summed E-state index contributed by atoms with van der Waals surface area (Å²) >= 11 is 0. The first-order valence-corrected chi connectivity index (χ1v) is 8.36. The molecule has 1 aromatic carbocycles. The van der Waals surface area contributed by atoms with Gasteiger partial charge in [-0.25, -0.2) is 28.2 Å². The van der Waals surface area contributed by atoms with Crippen molar-refractivity contribution in [2.45, 2.75) is 13.0 Å². The number of halogens is 2. The molecule has 0 aliphatic heterocycles. The van der Waals surface area contributed by atoms with E-state index in [1.54, 1.807) is 11.6 Å². The van der Waals surface area contributed by atoms with Crippen LogP contribution in [0.3, 0.4) is 0 Å². The fourth-order valence-electron chi connectivity index (χ4n) is 2.54. The van der Waals surface area contributed by atoms with Crippen molar-refractivity contribution >= 4 is 11.8 Å². The number of alkyl halides is 2. The molecular formula is C18H18F2N6O2. The second-order valence-electron chi connectivity index (χ2n) is 5.86. The van der Waals surface area contributed by atoms with E-state index in [1.807, 2.05) is 30.3 Å². The molecule has 0 aliphatic rings. The highest BCUT2D eigenvalue weighted by Gasteiger charge is 2.19. The first-order valence-electron chi connectivity index (χ1n) is 8.36. The van der Waals surface area contributed by atoms with E-state index in [9.17, 15) is 13.6 Å². The Balaban J connectivity index is 1.98. The predicted octanol–water partition coefficient (Wildman–Crippen LogP) is 2.81. The zero-order valence-electron chi connectivity index (χ0n) is 15.0. The molecule has 0 bridgehead atoms. The number of nitrogens with one attached hydrogen (secondary N) is 1. The van der Waals surface area contributed by atoms with E-state index < -0.39 is 25.5 Å². The van der Waals surface area contributed by atoms with E-state index in [2.05, 4.69) is 20.4 Å². The number of hydrogen-bond acceptors (Lipinski definition) is 5. The molecule has 3 aromatic rings. The maximum Gasteiger partial charge on any atom is 0.317 e. The monoisotopic (exact) mass is 388 g/mol. The summed E-state index contributed by atoms with van der Waals surface area (Å²) in [6.45, 7) is -0.200. The summed E-state index contributed by atoms with van der Waals surface area (Å²) in [5, 5.41) is 7.11. The fraction of sp³-hybridized carbons (Fsp3) is 0.222. The zero-order chi connectivity index (χ0) is 20.1. The van der Waals surface area contributed by atoms with Crippen molar-refractivity contribution in [1.29, 1.82) is 0 Å². The van der Waals surface area contributed by atoms with Gasteiger partial charge in [0.05, 0.1) is 5.69 Å². The van der Waals surface area contributed by atoms with Crippen molar-refractivity contribution in [3.8, 4) is 23.0 Å². The zero-order valence-corrected chi connectivity index (χ0v) is 15.0. The number of primary amides is 1. The number of aromatic nitrogens is 4. The van der Waals surface area contributed by atoms with Crippen molar-refractivity contribution < 1.29 is 18.3 Å². The standard InChI is InChI=1S/C18H18F2N6O2/c1-11-15(12-9-22-18(23-10-12)28-14(7-19)8-20)25-26(16(11)24-17(21)27)13-5-3-2-4-6-13/h2-6,9-10,14H,7-8H2,1H3,(H3,21,24,27). The molecule has 0 fully saturated rings. The molecule has 0 unspecified atom stereocenters. The fourth-order valence-corrected chi connectivity index (χ4v) is 2.54. The van der Waals surface area contributed by atoms with Gasteiger partial charge in [0.1, 0.15) is 24.9 Å². The number of ether oxygens (including phenoxy) is 1. The van der Waals surface area contributed by atoms with Gasteiger partial charge in [0, 0.05) is 23.5 Å². The Morgan fingerprint density at radius 1 is 1.21 bits per heavy atom. The summed E-state index contributed by atoms with van der Waals surface area (Å²) in [4.78, 5) is 19.4. The summed E-state index contributed by atoms with van der Waals surface area (Å²) in [7, 11) is 0. The summed E-state index contributed by atoms with van der Waals surface area (Å²) in [6.07, 6.45) is 1.61. The van der Waals surface area contributed by atoms with Gasteiger partial charge in [-0.1, -0.05) is 18.2 Å². The van der Waals surface area contributed by atoms with Crippen molar-refractivity contribution in [2.24, 2.45) is 5.73 Å². The van der Waals surface area contributed by atoms with Gasteiger partial charge in [0.2, 0.25) is 0 Å². The highest BCUT2D eigenvalue weighted by atomic mass is 19.1. The molecule has 8 nitrogen and oxygen atoms in total. The number of amides is 2. The van der Waals surface area contributed by atoms with Crippen LogP contribution in [0.15, 0.2) is 42.7 Å². The van der Waals surface area contributed by atoms with Crippen molar-refractivity contribution in [1.82, 2.24) is 19.7 Å². The number of benzene rings is 1. The molecule has 2 aromatic heterocycles. The van der Waals surface area contributed by atoms with Gasteiger partial charge in [0.25, 0.3) is 0 Å². The summed E-state index contributed by atoms with van der Waals surface area (Å²) in [5.74, 6) is 0.406. The maximum absolute atomic E-state index is 12.6. The van der Waals surface area contributed by atoms with E-state index in [0.29, 0.717) is 22.6 Å². The molecule has 0 atom stereocenters. The Morgan fingerprint density at radius 2 is 1.86 bits per heavy atom. The van der Waals surface area contributed by atoms with Gasteiger partial charge >= 0.3 is 12.0 Å². The minimum absolute atomic E-state index is 0.139. The third kappa shape index (κ3) is 4.05. The van der Waals surface area contributed by atoms with E-state index in [-0.39, 0.29) is 6.01 Å². The molecule has 146 valence electrons. The van der Waals surface area contributed by atoms with Crippen LogP contribution in [0.25, 0.3) is 16.9 Å². The third-order valence-electron chi connectivity index (χ3n) is 3.88. The summed E-state index contributed by atoms with van der Waals surface area (Å²) < 4.78 is 31.7. The second-order valence-corrected chi connectivity index (χ2v) is 5.86. The topological polar surface area (TPSA) is 108 Å². The van der Waals surface area contributed by atoms with Crippen LogP contribution in [0.1, 0.15) is 5.56 Å².